The van der Waals surface area contributed by atoms with Gasteiger partial charge in [0.2, 0.25) is 5.91 Å². The van der Waals surface area contributed by atoms with Crippen LogP contribution < -0.4 is 14.8 Å². The molecule has 0 radical (unpaired) electrons. The van der Waals surface area contributed by atoms with Crippen LogP contribution in [0.1, 0.15) is 5.56 Å². The van der Waals surface area contributed by atoms with Gasteiger partial charge in [-0.05, 0) is 24.3 Å². The van der Waals surface area contributed by atoms with Crippen molar-refractivity contribution in [2.75, 3.05) is 13.2 Å². The molecule has 0 fully saturated rings. The maximum Gasteiger partial charge on any atom is 0.244 e. The Labute approximate surface area is 133 Å². The molecule has 1 heterocycles. The van der Waals surface area contributed by atoms with Gasteiger partial charge in [-0.1, -0.05) is 30.3 Å². The van der Waals surface area contributed by atoms with Gasteiger partial charge in [-0.2, -0.15) is 0 Å². The van der Waals surface area contributed by atoms with Gasteiger partial charge in [0.1, 0.15) is 18.5 Å². The molecule has 23 heavy (non-hydrogen) atoms. The van der Waals surface area contributed by atoms with Gasteiger partial charge in [-0.3, -0.25) is 4.79 Å². The van der Waals surface area contributed by atoms with Crippen LogP contribution in [-0.4, -0.2) is 25.2 Å². The smallest absolute Gasteiger partial charge is 0.244 e. The minimum atomic E-state index is -0.364. The molecule has 0 bridgehead atoms. The summed E-state index contributed by atoms with van der Waals surface area (Å²) in [5, 5.41) is 2.72. The third-order valence-electron chi connectivity index (χ3n) is 3.39. The van der Waals surface area contributed by atoms with E-state index < -0.39 is 0 Å². The molecule has 2 aromatic carbocycles. The minimum Gasteiger partial charge on any atom is -0.486 e. The quantitative estimate of drug-likeness (QED) is 0.883. The second-order valence-electron chi connectivity index (χ2n) is 5.10. The van der Waals surface area contributed by atoms with Crippen LogP contribution in [-0.2, 0) is 4.79 Å². The van der Waals surface area contributed by atoms with E-state index in [1.807, 2.05) is 24.3 Å². The maximum absolute atomic E-state index is 13.4. The maximum atomic E-state index is 13.4. The van der Waals surface area contributed by atoms with Crippen molar-refractivity contribution in [3.8, 4) is 11.5 Å². The number of carbonyl (C=O) groups is 1. The summed E-state index contributed by atoms with van der Waals surface area (Å²) in [5.41, 5.74) is 0.369. The molecule has 1 amide bonds. The van der Waals surface area contributed by atoms with Gasteiger partial charge < -0.3 is 14.8 Å². The lowest BCUT2D eigenvalue weighted by atomic mass is 10.2. The number of hydrogen-bond acceptors (Lipinski definition) is 3. The predicted molar refractivity (Wildman–Crippen MR) is 84.8 cm³/mol. The highest BCUT2D eigenvalue weighted by molar-refractivity contribution is 5.91. The van der Waals surface area contributed by atoms with Gasteiger partial charge in [0, 0.05) is 11.6 Å². The lowest BCUT2D eigenvalue weighted by Crippen LogP contribution is -2.40. The fourth-order valence-corrected chi connectivity index (χ4v) is 2.21. The third kappa shape index (κ3) is 3.88. The zero-order valence-corrected chi connectivity index (χ0v) is 12.4. The number of amides is 1. The Balaban J connectivity index is 1.51. The molecule has 0 saturated carbocycles. The van der Waals surface area contributed by atoms with Gasteiger partial charge in [0.05, 0.1) is 6.54 Å². The summed E-state index contributed by atoms with van der Waals surface area (Å²) in [6.07, 6.45) is 2.49. The fraction of sp³-hybridized carbons (Fsp3) is 0.167. The normalized spacial score (nSPS) is 16.3. The first-order valence-corrected chi connectivity index (χ1v) is 7.31. The fourth-order valence-electron chi connectivity index (χ4n) is 2.21. The first kappa shape index (κ1) is 15.1. The van der Waals surface area contributed by atoms with Crippen molar-refractivity contribution in [2.24, 2.45) is 0 Å². The van der Waals surface area contributed by atoms with Crippen molar-refractivity contribution in [2.45, 2.75) is 6.10 Å². The second kappa shape index (κ2) is 6.96. The van der Waals surface area contributed by atoms with Gasteiger partial charge in [-0.25, -0.2) is 4.39 Å². The van der Waals surface area contributed by atoms with E-state index in [9.17, 15) is 9.18 Å². The highest BCUT2D eigenvalue weighted by Gasteiger charge is 2.20. The van der Waals surface area contributed by atoms with Crippen molar-refractivity contribution >= 4 is 12.0 Å². The summed E-state index contributed by atoms with van der Waals surface area (Å²) in [4.78, 5) is 11.8. The summed E-state index contributed by atoms with van der Waals surface area (Å²) in [5.74, 6) is 0.697. The van der Waals surface area contributed by atoms with Crippen molar-refractivity contribution in [3.05, 3.63) is 66.0 Å². The van der Waals surface area contributed by atoms with E-state index in [0.717, 1.165) is 0 Å². The van der Waals surface area contributed by atoms with E-state index in [1.54, 1.807) is 18.2 Å². The van der Waals surface area contributed by atoms with Gasteiger partial charge in [0.25, 0.3) is 0 Å². The SMILES string of the molecule is O=C(/C=C/c1ccccc1F)NCC1COc2ccccc2O1. The molecule has 0 aromatic heterocycles. The Hall–Kier alpha value is -2.82. The number of para-hydroxylation sites is 2. The number of benzene rings is 2. The second-order valence-corrected chi connectivity index (χ2v) is 5.10. The van der Waals surface area contributed by atoms with Crippen molar-refractivity contribution in [3.63, 3.8) is 0 Å². The van der Waals surface area contributed by atoms with Gasteiger partial charge >= 0.3 is 0 Å². The number of carbonyl (C=O) groups excluding carboxylic acids is 1. The number of nitrogens with one attached hydrogen (secondary N) is 1. The van der Waals surface area contributed by atoms with Gasteiger partial charge in [-0.15, -0.1) is 0 Å². The van der Waals surface area contributed by atoms with E-state index in [4.69, 9.17) is 9.47 Å². The van der Waals surface area contributed by atoms with Crippen molar-refractivity contribution < 1.29 is 18.7 Å². The number of halogens is 1. The first-order chi connectivity index (χ1) is 11.2. The summed E-state index contributed by atoms with van der Waals surface area (Å²) in [6, 6.07) is 13.7. The first-order valence-electron chi connectivity index (χ1n) is 7.31. The van der Waals surface area contributed by atoms with Crippen LogP contribution in [0, 0.1) is 5.82 Å². The molecule has 3 rings (SSSR count). The van der Waals surface area contributed by atoms with Crippen molar-refractivity contribution in [1.82, 2.24) is 5.32 Å². The van der Waals surface area contributed by atoms with Crippen LogP contribution in [0.15, 0.2) is 54.6 Å². The molecular weight excluding hydrogens is 297 g/mol. The Kier molecular flexibility index (Phi) is 4.57. The highest BCUT2D eigenvalue weighted by Crippen LogP contribution is 2.30. The van der Waals surface area contributed by atoms with Crippen LogP contribution in [0.4, 0.5) is 4.39 Å². The van der Waals surface area contributed by atoms with E-state index in [-0.39, 0.29) is 17.8 Å². The van der Waals surface area contributed by atoms with Crippen LogP contribution in [0.25, 0.3) is 6.08 Å². The molecule has 1 unspecified atom stereocenters. The standard InChI is InChI=1S/C18H16FNO3/c19-15-6-2-1-5-13(15)9-10-18(21)20-11-14-12-22-16-7-3-4-8-17(16)23-14/h1-10,14H,11-12H2,(H,20,21)/b10-9+. The zero-order valence-electron chi connectivity index (χ0n) is 12.4. The molecule has 118 valence electrons. The average molecular weight is 313 g/mol. The molecular formula is C18H16FNO3. The molecule has 0 aliphatic carbocycles. The average Bonchev–Trinajstić information content (AvgIpc) is 2.59. The molecule has 0 spiro atoms. The van der Waals surface area contributed by atoms with Crippen LogP contribution in [0.5, 0.6) is 11.5 Å². The van der Waals surface area contributed by atoms with Gasteiger partial charge in [0.15, 0.2) is 11.5 Å². The van der Waals surface area contributed by atoms with E-state index in [1.165, 1.54) is 18.2 Å². The van der Waals surface area contributed by atoms with Crippen molar-refractivity contribution in [1.29, 1.82) is 0 Å². The topological polar surface area (TPSA) is 47.6 Å². The third-order valence-corrected chi connectivity index (χ3v) is 3.39. The molecule has 1 N–H and O–H groups in total. The number of hydrogen-bond donors (Lipinski definition) is 1. The van der Waals surface area contributed by atoms with Crippen LogP contribution in [0.2, 0.25) is 0 Å². The van der Waals surface area contributed by atoms with E-state index in [2.05, 4.69) is 5.32 Å². The molecule has 0 saturated heterocycles. The Bertz CT molecular complexity index is 730. The van der Waals surface area contributed by atoms with E-state index in [0.29, 0.717) is 30.2 Å². The summed E-state index contributed by atoms with van der Waals surface area (Å²) in [7, 11) is 0. The lowest BCUT2D eigenvalue weighted by molar-refractivity contribution is -0.116. The predicted octanol–water partition coefficient (Wildman–Crippen LogP) is 2.80. The van der Waals surface area contributed by atoms with E-state index >= 15 is 0 Å². The van der Waals surface area contributed by atoms with Crippen LogP contribution >= 0.6 is 0 Å². The number of rotatable bonds is 4. The molecule has 1 atom stereocenters. The molecule has 5 heteroatoms. The molecule has 1 aliphatic rings. The highest BCUT2D eigenvalue weighted by atomic mass is 19.1. The van der Waals surface area contributed by atoms with Crippen LogP contribution in [0.3, 0.4) is 0 Å². The number of ether oxygens (including phenoxy) is 2. The Morgan fingerprint density at radius 1 is 1.17 bits per heavy atom. The lowest BCUT2D eigenvalue weighted by Gasteiger charge is -2.26. The summed E-state index contributed by atoms with van der Waals surface area (Å²) < 4.78 is 24.7. The Morgan fingerprint density at radius 2 is 1.91 bits per heavy atom. The summed E-state index contributed by atoms with van der Waals surface area (Å²) in [6.45, 7) is 0.684. The molecule has 1 aliphatic heterocycles. The monoisotopic (exact) mass is 313 g/mol. The molecule has 4 nitrogen and oxygen atoms in total. The minimum absolute atomic E-state index is 0.254. The molecule has 2 aromatic rings. The largest absolute Gasteiger partial charge is 0.486 e. The summed E-state index contributed by atoms with van der Waals surface area (Å²) >= 11 is 0. The Morgan fingerprint density at radius 3 is 2.74 bits per heavy atom. The number of fused-ring (bicyclic) bond motifs is 1. The zero-order chi connectivity index (χ0) is 16.1.